The fourth-order valence-electron chi connectivity index (χ4n) is 1.59. The Morgan fingerprint density at radius 3 is 2.25 bits per heavy atom. The van der Waals surface area contributed by atoms with Gasteiger partial charge in [0.15, 0.2) is 12.0 Å². The van der Waals surface area contributed by atoms with Crippen LogP contribution >= 0.6 is 0 Å². The highest BCUT2D eigenvalue weighted by Crippen LogP contribution is 2.23. The van der Waals surface area contributed by atoms with E-state index in [0.717, 1.165) is 11.3 Å². The van der Waals surface area contributed by atoms with Crippen molar-refractivity contribution >= 4 is 11.9 Å². The van der Waals surface area contributed by atoms with E-state index < -0.39 is 0 Å². The van der Waals surface area contributed by atoms with Gasteiger partial charge < -0.3 is 5.11 Å². The predicted molar refractivity (Wildman–Crippen MR) is 65.6 cm³/mol. The van der Waals surface area contributed by atoms with Gasteiger partial charge in [-0.25, -0.2) is 0 Å². The van der Waals surface area contributed by atoms with Crippen molar-refractivity contribution in [3.8, 4) is 5.75 Å². The fraction of sp³-hybridized carbons (Fsp3) is 0.0714. The average Bonchev–Trinajstić information content (AvgIpc) is 2.31. The van der Waals surface area contributed by atoms with Gasteiger partial charge in [0.05, 0.1) is 0 Å². The van der Waals surface area contributed by atoms with Crippen molar-refractivity contribution in [2.24, 2.45) is 0 Å². The number of hydrogen-bond donors (Lipinski definition) is 1. The van der Waals surface area contributed by atoms with Crippen molar-refractivity contribution in [2.75, 3.05) is 7.05 Å². The van der Waals surface area contributed by atoms with Gasteiger partial charge in [-0.05, 0) is 18.2 Å². The van der Waals surface area contributed by atoms with E-state index in [0.29, 0.717) is 0 Å². The van der Waals surface area contributed by atoms with E-state index in [-0.39, 0.29) is 5.75 Å². The van der Waals surface area contributed by atoms with E-state index in [2.05, 4.69) is 0 Å². The van der Waals surface area contributed by atoms with E-state index in [1.54, 1.807) is 6.07 Å². The number of para-hydroxylation sites is 2. The molecule has 0 aliphatic heterocycles. The number of phenolic OH excluding ortho intramolecular Hbond substituents is 1. The summed E-state index contributed by atoms with van der Waals surface area (Å²) in [6.07, 6.45) is 1.98. The van der Waals surface area contributed by atoms with Crippen LogP contribution in [0, 0.1) is 0 Å². The van der Waals surface area contributed by atoms with Crippen LogP contribution < -0.4 is 0 Å². The first-order valence-electron chi connectivity index (χ1n) is 5.18. The highest BCUT2D eigenvalue weighted by molar-refractivity contribution is 5.76. The largest absolute Gasteiger partial charge is 0.502 e. The lowest BCUT2D eigenvalue weighted by molar-refractivity contribution is -0.399. The first kappa shape index (κ1) is 10.4. The molecule has 2 rings (SSSR count). The third-order valence-corrected chi connectivity index (χ3v) is 2.40. The maximum atomic E-state index is 9.70. The van der Waals surface area contributed by atoms with E-state index in [1.807, 2.05) is 66.4 Å². The minimum Gasteiger partial charge on any atom is -0.502 e. The Kier molecular flexibility index (Phi) is 3.01. The summed E-state index contributed by atoms with van der Waals surface area (Å²) in [5, 5.41) is 9.70. The minimum atomic E-state index is 0.289. The SMILES string of the molecule is C/[N+](=C\c1ccccc1)c1ccccc1O. The quantitative estimate of drug-likeness (QED) is 0.600. The van der Waals surface area contributed by atoms with Gasteiger partial charge in [0.2, 0.25) is 5.69 Å². The molecule has 2 aromatic rings. The Labute approximate surface area is 95.1 Å². The highest BCUT2D eigenvalue weighted by atomic mass is 16.3. The van der Waals surface area contributed by atoms with Gasteiger partial charge in [-0.15, -0.1) is 0 Å². The van der Waals surface area contributed by atoms with Crippen LogP contribution in [0.1, 0.15) is 5.56 Å². The molecule has 0 saturated heterocycles. The van der Waals surface area contributed by atoms with Crippen LogP contribution in [0.2, 0.25) is 0 Å². The molecule has 0 fully saturated rings. The van der Waals surface area contributed by atoms with Crippen LogP contribution in [0.15, 0.2) is 54.6 Å². The van der Waals surface area contributed by atoms with Gasteiger partial charge in [0.25, 0.3) is 0 Å². The molecule has 2 aromatic carbocycles. The zero-order chi connectivity index (χ0) is 11.4. The summed E-state index contributed by atoms with van der Waals surface area (Å²) in [5.41, 5.74) is 1.90. The average molecular weight is 212 g/mol. The zero-order valence-electron chi connectivity index (χ0n) is 9.17. The lowest BCUT2D eigenvalue weighted by Gasteiger charge is -1.98. The summed E-state index contributed by atoms with van der Waals surface area (Å²) >= 11 is 0. The Morgan fingerprint density at radius 1 is 0.938 bits per heavy atom. The maximum Gasteiger partial charge on any atom is 0.247 e. The summed E-state index contributed by atoms with van der Waals surface area (Å²) < 4.78 is 1.91. The second-order valence-corrected chi connectivity index (χ2v) is 3.64. The van der Waals surface area contributed by atoms with Crippen LogP contribution in [-0.2, 0) is 0 Å². The number of nitrogens with zero attached hydrogens (tertiary/aromatic N) is 1. The number of hydrogen-bond acceptors (Lipinski definition) is 1. The molecule has 80 valence electrons. The third-order valence-electron chi connectivity index (χ3n) is 2.40. The van der Waals surface area contributed by atoms with Crippen molar-refractivity contribution in [1.82, 2.24) is 0 Å². The van der Waals surface area contributed by atoms with Crippen LogP contribution in [0.5, 0.6) is 5.75 Å². The van der Waals surface area contributed by atoms with Gasteiger partial charge in [0.1, 0.15) is 7.05 Å². The predicted octanol–water partition coefficient (Wildman–Crippen LogP) is 2.79. The normalized spacial score (nSPS) is 11.4. The summed E-state index contributed by atoms with van der Waals surface area (Å²) in [6.45, 7) is 0. The molecule has 2 heteroatoms. The molecule has 16 heavy (non-hydrogen) atoms. The van der Waals surface area contributed by atoms with Crippen LogP contribution in [-0.4, -0.2) is 22.9 Å². The van der Waals surface area contributed by atoms with Crippen molar-refractivity contribution in [2.45, 2.75) is 0 Å². The number of aromatic hydroxyl groups is 1. The van der Waals surface area contributed by atoms with Gasteiger partial charge >= 0.3 is 0 Å². The topological polar surface area (TPSA) is 23.2 Å². The third kappa shape index (κ3) is 2.28. The minimum absolute atomic E-state index is 0.289. The molecule has 0 heterocycles. The summed E-state index contributed by atoms with van der Waals surface area (Å²) in [6, 6.07) is 17.3. The van der Waals surface area contributed by atoms with Gasteiger partial charge in [-0.3, -0.25) is 0 Å². The molecular formula is C14H14NO+. The Bertz CT molecular complexity index is 503. The zero-order valence-corrected chi connectivity index (χ0v) is 9.17. The number of rotatable bonds is 2. The van der Waals surface area contributed by atoms with Crippen molar-refractivity contribution < 1.29 is 9.68 Å². The molecule has 2 nitrogen and oxygen atoms in total. The van der Waals surface area contributed by atoms with Crippen molar-refractivity contribution in [3.05, 3.63) is 60.2 Å². The molecule has 0 radical (unpaired) electrons. The molecule has 0 amide bonds. The van der Waals surface area contributed by atoms with Crippen LogP contribution in [0.4, 0.5) is 5.69 Å². The molecule has 0 spiro atoms. The second kappa shape index (κ2) is 4.62. The van der Waals surface area contributed by atoms with E-state index in [1.165, 1.54) is 0 Å². The van der Waals surface area contributed by atoms with Gasteiger partial charge in [-0.2, -0.15) is 4.58 Å². The first-order valence-corrected chi connectivity index (χ1v) is 5.18. The summed E-state index contributed by atoms with van der Waals surface area (Å²) in [5.74, 6) is 0.289. The van der Waals surface area contributed by atoms with Gasteiger partial charge in [0, 0.05) is 11.6 Å². The molecule has 0 saturated carbocycles. The van der Waals surface area contributed by atoms with Crippen molar-refractivity contribution in [1.29, 1.82) is 0 Å². The molecule has 0 bridgehead atoms. The Morgan fingerprint density at radius 2 is 1.56 bits per heavy atom. The first-order chi connectivity index (χ1) is 7.77. The van der Waals surface area contributed by atoms with E-state index in [4.69, 9.17) is 0 Å². The number of phenols is 1. The van der Waals surface area contributed by atoms with Crippen LogP contribution in [0.3, 0.4) is 0 Å². The molecule has 0 aromatic heterocycles. The smallest absolute Gasteiger partial charge is 0.247 e. The Hall–Kier alpha value is -2.09. The lowest BCUT2D eigenvalue weighted by Crippen LogP contribution is -2.00. The standard InChI is InChI=1S/C14H13NO/c1-15(11-12-7-3-2-4-8-12)13-9-5-6-10-14(13)16/h2-11H,1H3/p+1/b15-11+. The molecule has 0 unspecified atom stereocenters. The van der Waals surface area contributed by atoms with Gasteiger partial charge in [-0.1, -0.05) is 30.3 Å². The number of benzene rings is 2. The monoisotopic (exact) mass is 212 g/mol. The van der Waals surface area contributed by atoms with E-state index in [9.17, 15) is 5.11 Å². The summed E-state index contributed by atoms with van der Waals surface area (Å²) in [7, 11) is 1.92. The van der Waals surface area contributed by atoms with Crippen LogP contribution in [0.25, 0.3) is 0 Å². The van der Waals surface area contributed by atoms with Crippen molar-refractivity contribution in [3.63, 3.8) is 0 Å². The highest BCUT2D eigenvalue weighted by Gasteiger charge is 2.08. The Balaban J connectivity index is 2.36. The molecule has 0 aliphatic rings. The van der Waals surface area contributed by atoms with E-state index >= 15 is 0 Å². The molecule has 0 aliphatic carbocycles. The lowest BCUT2D eigenvalue weighted by atomic mass is 10.2. The molecule has 1 N–H and O–H groups in total. The maximum absolute atomic E-state index is 9.70. The summed E-state index contributed by atoms with van der Waals surface area (Å²) in [4.78, 5) is 0. The molecular weight excluding hydrogens is 198 g/mol. The molecule has 0 atom stereocenters. The fourth-order valence-corrected chi connectivity index (χ4v) is 1.59. The second-order valence-electron chi connectivity index (χ2n) is 3.64.